The van der Waals surface area contributed by atoms with Gasteiger partial charge in [0.2, 0.25) is 23.6 Å². The second-order valence-electron chi connectivity index (χ2n) is 7.15. The minimum absolute atomic E-state index is 0.0324. The van der Waals surface area contributed by atoms with E-state index in [9.17, 15) is 19.2 Å². The van der Waals surface area contributed by atoms with Crippen LogP contribution in [-0.2, 0) is 19.2 Å². The first-order valence-corrected chi connectivity index (χ1v) is 11.2. The molecule has 4 atom stereocenters. The Morgan fingerprint density at radius 1 is 0.654 bits per heavy atom. The van der Waals surface area contributed by atoms with Gasteiger partial charge in [-0.25, -0.2) is 0 Å². The molecule has 0 aromatic heterocycles. The maximum atomic E-state index is 12.1. The molecule has 0 aromatic carbocycles. The van der Waals surface area contributed by atoms with Crippen LogP contribution in [-0.4, -0.2) is 59.3 Å². The highest BCUT2D eigenvalue weighted by molar-refractivity contribution is 8.76. The van der Waals surface area contributed by atoms with Crippen LogP contribution in [0.5, 0.6) is 0 Å². The van der Waals surface area contributed by atoms with Gasteiger partial charge >= 0.3 is 0 Å². The summed E-state index contributed by atoms with van der Waals surface area (Å²) in [7, 11) is 2.78. The lowest BCUT2D eigenvalue weighted by Crippen LogP contribution is -2.64. The third-order valence-electron chi connectivity index (χ3n) is 4.31. The molecule has 10 heteroatoms. The van der Waals surface area contributed by atoms with Gasteiger partial charge in [-0.05, 0) is 11.8 Å². The molecule has 0 spiro atoms. The number of nitrogens with one attached hydrogen (secondary N) is 4. The fourth-order valence-corrected chi connectivity index (χ4v) is 5.03. The van der Waals surface area contributed by atoms with E-state index in [0.717, 1.165) is 0 Å². The molecule has 8 nitrogen and oxygen atoms in total. The van der Waals surface area contributed by atoms with Gasteiger partial charge in [0, 0.05) is 11.5 Å². The summed E-state index contributed by atoms with van der Waals surface area (Å²) in [5.74, 6) is 0.117. The third-order valence-corrected chi connectivity index (χ3v) is 6.73. The summed E-state index contributed by atoms with van der Waals surface area (Å²) >= 11 is 0. The maximum absolute atomic E-state index is 12.1. The Morgan fingerprint density at radius 2 is 1.00 bits per heavy atom. The first-order chi connectivity index (χ1) is 12.2. The molecule has 4 amide bonds. The van der Waals surface area contributed by atoms with Crippen molar-refractivity contribution in [2.24, 2.45) is 11.8 Å². The number of hydrogen-bond acceptors (Lipinski definition) is 6. The summed E-state index contributed by atoms with van der Waals surface area (Å²) in [5.41, 5.74) is 0. The highest BCUT2D eigenvalue weighted by Crippen LogP contribution is 2.24. The van der Waals surface area contributed by atoms with E-state index < -0.39 is 24.2 Å². The van der Waals surface area contributed by atoms with Gasteiger partial charge in [0.05, 0.1) is 0 Å². The molecule has 2 unspecified atom stereocenters. The maximum Gasteiger partial charge on any atom is 0.244 e. The van der Waals surface area contributed by atoms with Gasteiger partial charge in [0.25, 0.3) is 0 Å². The molecule has 2 rings (SSSR count). The van der Waals surface area contributed by atoms with E-state index in [1.54, 1.807) is 0 Å². The van der Waals surface area contributed by atoms with Crippen LogP contribution >= 0.6 is 21.6 Å². The molecule has 2 heterocycles. The largest absolute Gasteiger partial charge is 0.342 e. The third kappa shape index (κ3) is 5.06. The highest BCUT2D eigenvalue weighted by Gasteiger charge is 2.36. The van der Waals surface area contributed by atoms with Crippen LogP contribution in [0.2, 0.25) is 0 Å². The smallest absolute Gasteiger partial charge is 0.244 e. The zero-order valence-electron chi connectivity index (χ0n) is 15.3. The lowest BCUT2D eigenvalue weighted by atomic mass is 10.0. The van der Waals surface area contributed by atoms with Crippen LogP contribution in [0.3, 0.4) is 0 Å². The van der Waals surface area contributed by atoms with E-state index in [1.165, 1.54) is 21.6 Å². The van der Waals surface area contributed by atoms with E-state index >= 15 is 0 Å². The number of piperazine rings is 2. The normalized spacial score (nSPS) is 29.3. The van der Waals surface area contributed by atoms with Crippen LogP contribution < -0.4 is 21.3 Å². The summed E-state index contributed by atoms with van der Waals surface area (Å²) in [6.45, 7) is 7.51. The molecule has 146 valence electrons. The van der Waals surface area contributed by atoms with Gasteiger partial charge in [-0.15, -0.1) is 0 Å². The quantitative estimate of drug-likeness (QED) is 0.342. The van der Waals surface area contributed by atoms with Gasteiger partial charge in [-0.3, -0.25) is 19.2 Å². The van der Waals surface area contributed by atoms with Crippen LogP contribution in [0.25, 0.3) is 0 Å². The number of amides is 4. The molecule has 2 fully saturated rings. The summed E-state index contributed by atoms with van der Waals surface area (Å²) in [6, 6.07) is -2.16. The molecule has 0 aromatic rings. The van der Waals surface area contributed by atoms with Gasteiger partial charge in [0.1, 0.15) is 24.2 Å². The molecular weight excluding hydrogens is 376 g/mol. The minimum atomic E-state index is -0.588. The van der Waals surface area contributed by atoms with Crippen molar-refractivity contribution in [3.63, 3.8) is 0 Å². The molecule has 2 aliphatic rings. The van der Waals surface area contributed by atoms with Crippen LogP contribution in [0, 0.1) is 11.8 Å². The van der Waals surface area contributed by atoms with Gasteiger partial charge < -0.3 is 21.3 Å². The summed E-state index contributed by atoms with van der Waals surface area (Å²) < 4.78 is 0. The van der Waals surface area contributed by atoms with Crippen molar-refractivity contribution in [1.82, 2.24) is 21.3 Å². The van der Waals surface area contributed by atoms with E-state index in [4.69, 9.17) is 0 Å². The van der Waals surface area contributed by atoms with E-state index in [-0.39, 0.29) is 35.5 Å². The predicted molar refractivity (Wildman–Crippen MR) is 102 cm³/mol. The molecule has 4 N–H and O–H groups in total. The lowest BCUT2D eigenvalue weighted by Gasteiger charge is -2.32. The Balaban J connectivity index is 1.74. The number of hydrogen-bond donors (Lipinski definition) is 4. The molecule has 0 saturated carbocycles. The average Bonchev–Trinajstić information content (AvgIpc) is 2.56. The van der Waals surface area contributed by atoms with Gasteiger partial charge in [-0.2, -0.15) is 0 Å². The Morgan fingerprint density at radius 3 is 1.31 bits per heavy atom. The van der Waals surface area contributed by atoms with Crippen LogP contribution in [0.1, 0.15) is 27.7 Å². The molecule has 2 saturated heterocycles. The van der Waals surface area contributed by atoms with Crippen molar-refractivity contribution in [2.75, 3.05) is 11.5 Å². The van der Waals surface area contributed by atoms with E-state index in [0.29, 0.717) is 11.5 Å². The first-order valence-electron chi connectivity index (χ1n) is 8.66. The topological polar surface area (TPSA) is 116 Å². The first kappa shape index (κ1) is 20.9. The lowest BCUT2D eigenvalue weighted by molar-refractivity contribution is -0.137. The van der Waals surface area contributed by atoms with Gasteiger partial charge in [0.15, 0.2) is 0 Å². The van der Waals surface area contributed by atoms with E-state index in [2.05, 4.69) is 21.3 Å². The van der Waals surface area contributed by atoms with E-state index in [1.807, 2.05) is 27.7 Å². The van der Waals surface area contributed by atoms with Crippen molar-refractivity contribution < 1.29 is 19.2 Å². The zero-order valence-corrected chi connectivity index (χ0v) is 17.0. The van der Waals surface area contributed by atoms with Crippen LogP contribution in [0.15, 0.2) is 0 Å². The van der Waals surface area contributed by atoms with Gasteiger partial charge in [-0.1, -0.05) is 49.3 Å². The molecule has 2 aliphatic heterocycles. The molecule has 0 radical (unpaired) electrons. The SMILES string of the molecule is CC(C)[C@H]1NC(=O)C(CSSCC2NC(=O)[C@@H](C(C)C)NC2=O)NC1=O. The fourth-order valence-electron chi connectivity index (χ4n) is 2.70. The van der Waals surface area contributed by atoms with Crippen molar-refractivity contribution in [3.05, 3.63) is 0 Å². The van der Waals surface area contributed by atoms with Crippen molar-refractivity contribution in [1.29, 1.82) is 0 Å². The second-order valence-corrected chi connectivity index (χ2v) is 9.70. The second kappa shape index (κ2) is 8.98. The zero-order chi connectivity index (χ0) is 19.4. The Hall–Kier alpha value is -1.42. The average molecular weight is 403 g/mol. The highest BCUT2D eigenvalue weighted by atomic mass is 33.1. The summed E-state index contributed by atoms with van der Waals surface area (Å²) in [6.07, 6.45) is 0. The Bertz CT molecular complexity index is 535. The Kier molecular flexibility index (Phi) is 7.22. The number of carbonyl (C=O) groups excluding carboxylic acids is 4. The molecule has 0 aliphatic carbocycles. The van der Waals surface area contributed by atoms with Crippen molar-refractivity contribution >= 4 is 45.2 Å². The summed E-state index contributed by atoms with van der Waals surface area (Å²) in [4.78, 5) is 48.1. The Labute approximate surface area is 161 Å². The minimum Gasteiger partial charge on any atom is -0.342 e. The predicted octanol–water partition coefficient (Wildman–Crippen LogP) is -0.354. The van der Waals surface area contributed by atoms with Crippen molar-refractivity contribution in [2.45, 2.75) is 51.9 Å². The van der Waals surface area contributed by atoms with Crippen molar-refractivity contribution in [3.8, 4) is 0 Å². The molecule has 26 heavy (non-hydrogen) atoms. The fraction of sp³-hybridized carbons (Fsp3) is 0.750. The summed E-state index contributed by atoms with van der Waals surface area (Å²) in [5, 5.41) is 11.0. The monoisotopic (exact) mass is 402 g/mol. The molecule has 0 bridgehead atoms. The van der Waals surface area contributed by atoms with Crippen LogP contribution in [0.4, 0.5) is 0 Å². The standard InChI is InChI=1S/C16H26N4O4S2/c1-7(2)11-15(23)17-9(13(21)19-11)5-25-26-6-10-14(22)20-12(8(3)4)16(24)18-10/h7-12H,5-6H2,1-4H3,(H,17,23)(H,18,24)(H,19,21)(H,20,22)/t9?,10?,11-,12-/m1/s1. The molecular formula is C16H26N4O4S2. The number of rotatable bonds is 7. The number of carbonyl (C=O) groups is 4.